The van der Waals surface area contributed by atoms with Crippen molar-refractivity contribution in [1.29, 1.82) is 0 Å². The van der Waals surface area contributed by atoms with Crippen LogP contribution < -0.4 is 0 Å². The zero-order valence-corrected chi connectivity index (χ0v) is 12.8. The highest BCUT2D eigenvalue weighted by Gasteiger charge is 2.26. The predicted octanol–water partition coefficient (Wildman–Crippen LogP) is 2.16. The van der Waals surface area contributed by atoms with Crippen LogP contribution in [-0.4, -0.2) is 41.2 Å². The fourth-order valence-electron chi connectivity index (χ4n) is 2.14. The maximum atomic E-state index is 12.1. The highest BCUT2D eigenvalue weighted by atomic mass is 16.6. The molecule has 0 radical (unpaired) electrons. The first-order chi connectivity index (χ1) is 9.80. The van der Waals surface area contributed by atoms with E-state index in [1.165, 1.54) is 13.3 Å². The van der Waals surface area contributed by atoms with E-state index in [0.717, 1.165) is 11.3 Å². The monoisotopic (exact) mass is 292 g/mol. The van der Waals surface area contributed by atoms with E-state index in [-0.39, 0.29) is 6.09 Å². The molecule has 1 aromatic heterocycles. The molecule has 1 aromatic rings. The number of fused-ring (bicyclic) bond motifs is 1. The van der Waals surface area contributed by atoms with Crippen LogP contribution in [0.4, 0.5) is 4.79 Å². The highest BCUT2D eigenvalue weighted by Crippen LogP contribution is 2.20. The standard InChI is InChI=1S/C15H20N2O4/c1-15(2,3)21-14(19)17-6-5-12-11(9-17)7-10(8-16-12)13(18)20-4/h7-8H,5-6,9H2,1-4H3. The van der Waals surface area contributed by atoms with Crippen LogP contribution in [0.15, 0.2) is 12.3 Å². The van der Waals surface area contributed by atoms with Crippen LogP contribution in [0.1, 0.15) is 42.4 Å². The molecule has 0 bridgehead atoms. The quantitative estimate of drug-likeness (QED) is 0.742. The summed E-state index contributed by atoms with van der Waals surface area (Å²) in [7, 11) is 1.33. The summed E-state index contributed by atoms with van der Waals surface area (Å²) in [5, 5.41) is 0. The van der Waals surface area contributed by atoms with E-state index < -0.39 is 11.6 Å². The molecule has 1 aliphatic rings. The predicted molar refractivity (Wildman–Crippen MR) is 75.9 cm³/mol. The molecule has 0 unspecified atom stereocenters. The second-order valence-corrected chi connectivity index (χ2v) is 5.97. The summed E-state index contributed by atoms with van der Waals surface area (Å²) in [5.74, 6) is -0.431. The summed E-state index contributed by atoms with van der Waals surface area (Å²) in [4.78, 5) is 29.5. The average molecular weight is 292 g/mol. The van der Waals surface area contributed by atoms with Gasteiger partial charge < -0.3 is 14.4 Å². The highest BCUT2D eigenvalue weighted by molar-refractivity contribution is 5.89. The smallest absolute Gasteiger partial charge is 0.410 e. The summed E-state index contributed by atoms with van der Waals surface area (Å²) in [5.41, 5.74) is 1.63. The number of carbonyl (C=O) groups excluding carboxylic acids is 2. The lowest BCUT2D eigenvalue weighted by molar-refractivity contribution is 0.0223. The van der Waals surface area contributed by atoms with Gasteiger partial charge in [0.15, 0.2) is 0 Å². The minimum Gasteiger partial charge on any atom is -0.465 e. The van der Waals surface area contributed by atoms with Gasteiger partial charge in [-0.1, -0.05) is 0 Å². The van der Waals surface area contributed by atoms with Crippen molar-refractivity contribution in [3.05, 3.63) is 29.1 Å². The Morgan fingerprint density at radius 1 is 1.33 bits per heavy atom. The van der Waals surface area contributed by atoms with Gasteiger partial charge in [-0.3, -0.25) is 4.98 Å². The molecule has 114 valence electrons. The van der Waals surface area contributed by atoms with Crippen molar-refractivity contribution in [3.8, 4) is 0 Å². The molecule has 6 nitrogen and oxygen atoms in total. The first-order valence-electron chi connectivity index (χ1n) is 6.84. The van der Waals surface area contributed by atoms with E-state index >= 15 is 0 Å². The molecule has 0 atom stereocenters. The van der Waals surface area contributed by atoms with Crippen LogP contribution in [0, 0.1) is 0 Å². The van der Waals surface area contributed by atoms with Gasteiger partial charge in [-0.2, -0.15) is 0 Å². The maximum absolute atomic E-state index is 12.1. The summed E-state index contributed by atoms with van der Waals surface area (Å²) in [6, 6.07) is 1.73. The third kappa shape index (κ3) is 3.71. The van der Waals surface area contributed by atoms with Crippen molar-refractivity contribution in [2.45, 2.75) is 39.3 Å². The number of amides is 1. The van der Waals surface area contributed by atoms with Crippen molar-refractivity contribution in [3.63, 3.8) is 0 Å². The number of rotatable bonds is 1. The molecule has 0 aromatic carbocycles. The van der Waals surface area contributed by atoms with Crippen LogP contribution in [0.3, 0.4) is 0 Å². The van der Waals surface area contributed by atoms with E-state index in [1.807, 2.05) is 20.8 Å². The Labute approximate surface area is 124 Å². The Hall–Kier alpha value is -2.11. The Morgan fingerprint density at radius 3 is 2.67 bits per heavy atom. The van der Waals surface area contributed by atoms with Gasteiger partial charge in [0.05, 0.1) is 19.2 Å². The third-order valence-electron chi connectivity index (χ3n) is 3.11. The van der Waals surface area contributed by atoms with E-state index in [2.05, 4.69) is 9.72 Å². The second-order valence-electron chi connectivity index (χ2n) is 5.97. The van der Waals surface area contributed by atoms with Crippen molar-refractivity contribution in [2.75, 3.05) is 13.7 Å². The molecule has 21 heavy (non-hydrogen) atoms. The average Bonchev–Trinajstić information content (AvgIpc) is 2.43. The van der Waals surface area contributed by atoms with E-state index in [9.17, 15) is 9.59 Å². The molecule has 0 fully saturated rings. The summed E-state index contributed by atoms with van der Waals surface area (Å²) in [6.07, 6.45) is 1.81. The number of methoxy groups -OCH3 is 1. The zero-order chi connectivity index (χ0) is 15.6. The molecule has 2 rings (SSSR count). The van der Waals surface area contributed by atoms with Crippen LogP contribution in [0.25, 0.3) is 0 Å². The number of ether oxygens (including phenoxy) is 2. The first kappa shape index (κ1) is 15.3. The minimum absolute atomic E-state index is 0.350. The van der Waals surface area contributed by atoms with Crippen LogP contribution >= 0.6 is 0 Å². The van der Waals surface area contributed by atoms with Gasteiger partial charge >= 0.3 is 12.1 Å². The Balaban J connectivity index is 2.15. The molecule has 1 amide bonds. The zero-order valence-electron chi connectivity index (χ0n) is 12.8. The molecular formula is C15H20N2O4. The molecule has 0 saturated carbocycles. The van der Waals surface area contributed by atoms with Gasteiger partial charge in [-0.25, -0.2) is 9.59 Å². The van der Waals surface area contributed by atoms with Crippen LogP contribution in [0.2, 0.25) is 0 Å². The van der Waals surface area contributed by atoms with E-state index in [0.29, 0.717) is 25.1 Å². The molecule has 0 aliphatic carbocycles. The number of nitrogens with zero attached hydrogens (tertiary/aromatic N) is 2. The van der Waals surface area contributed by atoms with Gasteiger partial charge in [0.2, 0.25) is 0 Å². The van der Waals surface area contributed by atoms with Crippen molar-refractivity contribution >= 4 is 12.1 Å². The number of esters is 1. The van der Waals surface area contributed by atoms with Crippen molar-refractivity contribution in [2.24, 2.45) is 0 Å². The van der Waals surface area contributed by atoms with Gasteiger partial charge in [0.25, 0.3) is 0 Å². The molecule has 0 N–H and O–H groups in total. The summed E-state index contributed by atoms with van der Waals surface area (Å²) < 4.78 is 10.0. The largest absolute Gasteiger partial charge is 0.465 e. The van der Waals surface area contributed by atoms with Gasteiger partial charge in [0.1, 0.15) is 5.60 Å². The van der Waals surface area contributed by atoms with Crippen molar-refractivity contribution in [1.82, 2.24) is 9.88 Å². The molecule has 1 aliphatic heterocycles. The minimum atomic E-state index is -0.524. The number of aromatic nitrogens is 1. The van der Waals surface area contributed by atoms with Gasteiger partial charge in [-0.15, -0.1) is 0 Å². The number of hydrogen-bond acceptors (Lipinski definition) is 5. The lowest BCUT2D eigenvalue weighted by Crippen LogP contribution is -2.40. The fraction of sp³-hybridized carbons (Fsp3) is 0.533. The first-order valence-corrected chi connectivity index (χ1v) is 6.84. The lowest BCUT2D eigenvalue weighted by atomic mass is 10.0. The molecule has 2 heterocycles. The topological polar surface area (TPSA) is 68.7 Å². The number of hydrogen-bond donors (Lipinski definition) is 0. The molecular weight excluding hydrogens is 272 g/mol. The molecule has 6 heteroatoms. The Bertz CT molecular complexity index is 563. The fourth-order valence-corrected chi connectivity index (χ4v) is 2.14. The molecule has 0 saturated heterocycles. The number of carbonyl (C=O) groups is 2. The SMILES string of the molecule is COC(=O)c1cnc2c(c1)CN(C(=O)OC(C)(C)C)CC2. The van der Waals surface area contributed by atoms with Gasteiger partial charge in [0, 0.05) is 24.9 Å². The van der Waals surface area contributed by atoms with Crippen molar-refractivity contribution < 1.29 is 19.1 Å². The van der Waals surface area contributed by atoms with E-state index in [1.54, 1.807) is 11.0 Å². The normalized spacial score (nSPS) is 14.4. The number of pyridine rings is 1. The lowest BCUT2D eigenvalue weighted by Gasteiger charge is -2.30. The molecule has 0 spiro atoms. The van der Waals surface area contributed by atoms with Crippen LogP contribution in [-0.2, 0) is 22.4 Å². The van der Waals surface area contributed by atoms with E-state index in [4.69, 9.17) is 4.74 Å². The maximum Gasteiger partial charge on any atom is 0.410 e. The Kier molecular flexibility index (Phi) is 4.16. The second kappa shape index (κ2) is 5.71. The Morgan fingerprint density at radius 2 is 2.05 bits per heavy atom. The van der Waals surface area contributed by atoms with Gasteiger partial charge in [-0.05, 0) is 32.4 Å². The summed E-state index contributed by atoms with van der Waals surface area (Å²) in [6.45, 7) is 6.45. The third-order valence-corrected chi connectivity index (χ3v) is 3.11. The van der Waals surface area contributed by atoms with Crippen LogP contribution in [0.5, 0.6) is 0 Å². The summed E-state index contributed by atoms with van der Waals surface area (Å²) >= 11 is 0.